The van der Waals surface area contributed by atoms with Gasteiger partial charge in [-0.15, -0.1) is 0 Å². The van der Waals surface area contributed by atoms with Crippen molar-refractivity contribution in [3.63, 3.8) is 0 Å². The predicted molar refractivity (Wildman–Crippen MR) is 75.4 cm³/mol. The van der Waals surface area contributed by atoms with E-state index in [0.717, 1.165) is 17.7 Å². The summed E-state index contributed by atoms with van der Waals surface area (Å²) in [7, 11) is 2.24. The molecule has 0 N–H and O–H groups in total. The van der Waals surface area contributed by atoms with Gasteiger partial charge in [0.15, 0.2) is 0 Å². The van der Waals surface area contributed by atoms with Gasteiger partial charge in [0, 0.05) is 12.6 Å². The van der Waals surface area contributed by atoms with Crippen molar-refractivity contribution in [1.29, 1.82) is 0 Å². The van der Waals surface area contributed by atoms with Crippen molar-refractivity contribution in [3.05, 3.63) is 0 Å². The Balaban J connectivity index is 2.29. The van der Waals surface area contributed by atoms with E-state index in [0.29, 0.717) is 0 Å². The molecule has 96 valence electrons. The predicted octanol–water partition coefficient (Wildman–Crippen LogP) is 2.36. The standard InChI is InChI=1S/C13H28N2S/c1-12(6-10-16)5-9-15-8-4-7-14(3)11-13(15)2/h12-13,16H,4-11H2,1-3H3. The Morgan fingerprint density at radius 1 is 1.31 bits per heavy atom. The molecule has 0 saturated carbocycles. The molecule has 0 radical (unpaired) electrons. The molecule has 0 aromatic rings. The molecule has 1 rings (SSSR count). The lowest BCUT2D eigenvalue weighted by atomic mass is 10.0. The van der Waals surface area contributed by atoms with Gasteiger partial charge in [-0.3, -0.25) is 4.90 Å². The van der Waals surface area contributed by atoms with Gasteiger partial charge in [-0.1, -0.05) is 6.92 Å². The third kappa shape index (κ3) is 5.07. The first-order valence-electron chi connectivity index (χ1n) is 6.67. The molecule has 0 aliphatic carbocycles. The molecular weight excluding hydrogens is 216 g/mol. The Morgan fingerprint density at radius 3 is 2.75 bits per heavy atom. The summed E-state index contributed by atoms with van der Waals surface area (Å²) >= 11 is 4.31. The molecule has 0 aromatic heterocycles. The van der Waals surface area contributed by atoms with E-state index in [4.69, 9.17) is 0 Å². The minimum absolute atomic E-state index is 0.718. The molecule has 3 heteroatoms. The number of rotatable bonds is 5. The van der Waals surface area contributed by atoms with Crippen LogP contribution in [0.4, 0.5) is 0 Å². The lowest BCUT2D eigenvalue weighted by Gasteiger charge is -2.28. The van der Waals surface area contributed by atoms with E-state index in [1.54, 1.807) is 0 Å². The van der Waals surface area contributed by atoms with Gasteiger partial charge in [-0.05, 0) is 64.5 Å². The molecule has 16 heavy (non-hydrogen) atoms. The summed E-state index contributed by atoms with van der Waals surface area (Å²) in [6, 6.07) is 0.718. The molecule has 2 atom stereocenters. The maximum absolute atomic E-state index is 4.31. The Morgan fingerprint density at radius 2 is 2.06 bits per heavy atom. The summed E-state index contributed by atoms with van der Waals surface area (Å²) in [4.78, 5) is 5.13. The molecule has 1 fully saturated rings. The highest BCUT2D eigenvalue weighted by Crippen LogP contribution is 2.13. The Hall–Kier alpha value is 0.270. The first-order chi connectivity index (χ1) is 7.63. The van der Waals surface area contributed by atoms with Crippen molar-refractivity contribution in [1.82, 2.24) is 9.80 Å². The molecule has 1 saturated heterocycles. The van der Waals surface area contributed by atoms with Crippen LogP contribution in [0.25, 0.3) is 0 Å². The summed E-state index contributed by atoms with van der Waals surface area (Å²) in [5.41, 5.74) is 0. The average Bonchev–Trinajstić information content (AvgIpc) is 2.37. The summed E-state index contributed by atoms with van der Waals surface area (Å²) in [5.74, 6) is 1.85. The number of hydrogen-bond donors (Lipinski definition) is 1. The van der Waals surface area contributed by atoms with Crippen LogP contribution in [0, 0.1) is 5.92 Å². The van der Waals surface area contributed by atoms with Gasteiger partial charge in [0.05, 0.1) is 0 Å². The second-order valence-corrected chi connectivity index (χ2v) is 5.85. The lowest BCUT2D eigenvalue weighted by molar-refractivity contribution is 0.191. The van der Waals surface area contributed by atoms with E-state index in [1.807, 2.05) is 0 Å². The summed E-state index contributed by atoms with van der Waals surface area (Å²) in [5, 5.41) is 0. The van der Waals surface area contributed by atoms with Crippen molar-refractivity contribution < 1.29 is 0 Å². The molecule has 0 aromatic carbocycles. The Labute approximate surface area is 107 Å². The quantitative estimate of drug-likeness (QED) is 0.742. The van der Waals surface area contributed by atoms with Crippen LogP contribution in [0.2, 0.25) is 0 Å². The molecule has 1 aliphatic rings. The van der Waals surface area contributed by atoms with Crippen molar-refractivity contribution in [2.24, 2.45) is 5.92 Å². The fraction of sp³-hybridized carbons (Fsp3) is 1.00. The number of thiol groups is 1. The zero-order valence-corrected chi connectivity index (χ0v) is 12.0. The highest BCUT2D eigenvalue weighted by molar-refractivity contribution is 7.80. The smallest absolute Gasteiger partial charge is 0.0194 e. The topological polar surface area (TPSA) is 6.48 Å². The van der Waals surface area contributed by atoms with E-state index in [9.17, 15) is 0 Å². The highest BCUT2D eigenvalue weighted by Gasteiger charge is 2.19. The third-order valence-electron chi connectivity index (χ3n) is 3.72. The van der Waals surface area contributed by atoms with Crippen LogP contribution in [0.5, 0.6) is 0 Å². The van der Waals surface area contributed by atoms with Gasteiger partial charge in [-0.2, -0.15) is 12.6 Å². The van der Waals surface area contributed by atoms with E-state index >= 15 is 0 Å². The van der Waals surface area contributed by atoms with Gasteiger partial charge in [0.1, 0.15) is 0 Å². The summed E-state index contributed by atoms with van der Waals surface area (Å²) < 4.78 is 0. The zero-order valence-electron chi connectivity index (χ0n) is 11.2. The second-order valence-electron chi connectivity index (χ2n) is 5.41. The molecular formula is C13H28N2S. The van der Waals surface area contributed by atoms with Crippen LogP contribution in [0.15, 0.2) is 0 Å². The van der Waals surface area contributed by atoms with Crippen molar-refractivity contribution in [3.8, 4) is 0 Å². The monoisotopic (exact) mass is 244 g/mol. The second kappa shape index (κ2) is 7.57. The van der Waals surface area contributed by atoms with E-state index in [2.05, 4.69) is 43.3 Å². The van der Waals surface area contributed by atoms with Crippen LogP contribution in [-0.4, -0.2) is 54.8 Å². The van der Waals surface area contributed by atoms with Gasteiger partial charge < -0.3 is 4.90 Å². The zero-order chi connectivity index (χ0) is 12.0. The van der Waals surface area contributed by atoms with Crippen molar-refractivity contribution >= 4 is 12.6 Å². The van der Waals surface area contributed by atoms with Gasteiger partial charge in [-0.25, -0.2) is 0 Å². The summed E-state index contributed by atoms with van der Waals surface area (Å²) in [6.45, 7) is 9.74. The SMILES string of the molecule is CC(CCS)CCN1CCCN(C)CC1C. The Bertz CT molecular complexity index is 187. The van der Waals surface area contributed by atoms with Crippen LogP contribution in [-0.2, 0) is 0 Å². The molecule has 2 nitrogen and oxygen atoms in total. The van der Waals surface area contributed by atoms with Crippen LogP contribution >= 0.6 is 12.6 Å². The number of nitrogens with zero attached hydrogens (tertiary/aromatic N) is 2. The first-order valence-corrected chi connectivity index (χ1v) is 7.30. The molecule has 0 amide bonds. The van der Waals surface area contributed by atoms with E-state index in [-0.39, 0.29) is 0 Å². The number of likely N-dealkylation sites (N-methyl/N-ethyl adjacent to an activating group) is 1. The number of hydrogen-bond acceptors (Lipinski definition) is 3. The maximum Gasteiger partial charge on any atom is 0.0194 e. The largest absolute Gasteiger partial charge is 0.305 e. The molecule has 1 heterocycles. The van der Waals surface area contributed by atoms with Crippen molar-refractivity contribution in [2.75, 3.05) is 39.0 Å². The minimum atomic E-state index is 0.718. The molecule has 1 aliphatic heterocycles. The fourth-order valence-corrected chi connectivity index (χ4v) is 2.95. The van der Waals surface area contributed by atoms with Gasteiger partial charge in [0.25, 0.3) is 0 Å². The minimum Gasteiger partial charge on any atom is -0.305 e. The van der Waals surface area contributed by atoms with Gasteiger partial charge in [0.2, 0.25) is 0 Å². The first kappa shape index (κ1) is 14.3. The molecule has 2 unspecified atom stereocenters. The van der Waals surface area contributed by atoms with E-state index in [1.165, 1.54) is 45.4 Å². The third-order valence-corrected chi connectivity index (χ3v) is 3.97. The normalized spacial score (nSPS) is 26.6. The maximum atomic E-state index is 4.31. The molecule has 0 spiro atoms. The summed E-state index contributed by atoms with van der Waals surface area (Å²) in [6.07, 6.45) is 3.90. The lowest BCUT2D eigenvalue weighted by Crippen LogP contribution is -2.38. The average molecular weight is 244 g/mol. The van der Waals surface area contributed by atoms with E-state index < -0.39 is 0 Å². The Kier molecular flexibility index (Phi) is 6.78. The fourth-order valence-electron chi connectivity index (χ4n) is 2.51. The van der Waals surface area contributed by atoms with Crippen molar-refractivity contribution in [2.45, 2.75) is 39.2 Å². The van der Waals surface area contributed by atoms with Crippen LogP contribution in [0.1, 0.15) is 33.1 Å². The van der Waals surface area contributed by atoms with Gasteiger partial charge >= 0.3 is 0 Å². The highest BCUT2D eigenvalue weighted by atomic mass is 32.1. The molecule has 0 bridgehead atoms. The van der Waals surface area contributed by atoms with Crippen LogP contribution in [0.3, 0.4) is 0 Å². The van der Waals surface area contributed by atoms with Crippen LogP contribution < -0.4 is 0 Å².